The average molecular weight is 442 g/mol. The second kappa shape index (κ2) is 9.28. The number of nitrogens with one attached hydrogen (secondary N) is 2. The Labute approximate surface area is 193 Å². The van der Waals surface area contributed by atoms with E-state index in [1.54, 1.807) is 18.9 Å². The summed E-state index contributed by atoms with van der Waals surface area (Å²) in [6, 6.07) is 22.1. The molecule has 0 saturated heterocycles. The summed E-state index contributed by atoms with van der Waals surface area (Å²) >= 11 is 0. The van der Waals surface area contributed by atoms with Crippen LogP contribution in [-0.2, 0) is 20.9 Å². The van der Waals surface area contributed by atoms with E-state index in [9.17, 15) is 14.4 Å². The van der Waals surface area contributed by atoms with Gasteiger partial charge >= 0.3 is 0 Å². The summed E-state index contributed by atoms with van der Waals surface area (Å²) in [5.41, 5.74) is 5.35. The van der Waals surface area contributed by atoms with Crippen LogP contribution < -0.4 is 15.5 Å². The predicted molar refractivity (Wildman–Crippen MR) is 128 cm³/mol. The number of carbonyl (C=O) groups excluding carboxylic acids is 3. The molecule has 0 aliphatic carbocycles. The van der Waals surface area contributed by atoms with Crippen LogP contribution in [-0.4, -0.2) is 24.8 Å². The lowest BCUT2D eigenvalue weighted by molar-refractivity contribution is -0.136. The lowest BCUT2D eigenvalue weighted by Crippen LogP contribution is -2.45. The van der Waals surface area contributed by atoms with Gasteiger partial charge in [0.1, 0.15) is 12.0 Å². The van der Waals surface area contributed by atoms with Gasteiger partial charge in [0, 0.05) is 19.2 Å². The summed E-state index contributed by atoms with van der Waals surface area (Å²) in [5.74, 6) is -2.09. The van der Waals surface area contributed by atoms with E-state index >= 15 is 0 Å². The van der Waals surface area contributed by atoms with Gasteiger partial charge in [0.05, 0.1) is 5.69 Å². The summed E-state index contributed by atoms with van der Waals surface area (Å²) in [4.78, 5) is 40.6. The van der Waals surface area contributed by atoms with Crippen molar-refractivity contribution in [2.45, 2.75) is 26.4 Å². The predicted octanol–water partition coefficient (Wildman–Crippen LogP) is 3.75. The van der Waals surface area contributed by atoms with Crippen molar-refractivity contribution >= 4 is 23.4 Å². The number of carbonyl (C=O) groups is 3. The number of para-hydroxylation sites is 1. The van der Waals surface area contributed by atoms with E-state index in [0.717, 1.165) is 27.9 Å². The third-order valence-electron chi connectivity index (χ3n) is 6.03. The maximum atomic E-state index is 13.4. The Morgan fingerprint density at radius 2 is 1.64 bits per heavy atom. The Kier molecular flexibility index (Phi) is 6.27. The topological polar surface area (TPSA) is 78.5 Å². The van der Waals surface area contributed by atoms with Crippen molar-refractivity contribution in [2.24, 2.45) is 5.92 Å². The number of hydrogen-bond donors (Lipinski definition) is 2. The highest BCUT2D eigenvalue weighted by Crippen LogP contribution is 2.39. The number of amides is 3. The molecule has 0 saturated carbocycles. The summed E-state index contributed by atoms with van der Waals surface area (Å²) < 4.78 is 0. The van der Waals surface area contributed by atoms with Crippen molar-refractivity contribution in [3.63, 3.8) is 0 Å². The third-order valence-corrected chi connectivity index (χ3v) is 6.03. The lowest BCUT2D eigenvalue weighted by atomic mass is 9.95. The van der Waals surface area contributed by atoms with E-state index in [1.165, 1.54) is 0 Å². The number of hydrogen-bond acceptors (Lipinski definition) is 3. The Balaban J connectivity index is 1.53. The molecule has 6 heteroatoms. The number of nitrogens with zero attached hydrogens (tertiary/aromatic N) is 1. The van der Waals surface area contributed by atoms with E-state index in [4.69, 9.17) is 0 Å². The van der Waals surface area contributed by atoms with Crippen LogP contribution in [0.3, 0.4) is 0 Å². The third kappa shape index (κ3) is 4.51. The maximum absolute atomic E-state index is 13.4. The first-order valence-corrected chi connectivity index (χ1v) is 11.0. The first-order valence-electron chi connectivity index (χ1n) is 11.0. The molecule has 3 aromatic rings. The molecule has 33 heavy (non-hydrogen) atoms. The molecule has 4 rings (SSSR count). The van der Waals surface area contributed by atoms with Gasteiger partial charge in [0.15, 0.2) is 0 Å². The number of benzene rings is 3. The molecule has 3 aromatic carbocycles. The molecule has 0 unspecified atom stereocenters. The molecule has 168 valence electrons. The zero-order chi connectivity index (χ0) is 23.5. The number of likely N-dealkylation sites (N-methyl/N-ethyl adjacent to an activating group) is 1. The van der Waals surface area contributed by atoms with Crippen LogP contribution in [0.4, 0.5) is 5.69 Å². The van der Waals surface area contributed by atoms with Gasteiger partial charge in [-0.05, 0) is 36.6 Å². The van der Waals surface area contributed by atoms with Crippen molar-refractivity contribution in [1.29, 1.82) is 0 Å². The average Bonchev–Trinajstić information content (AvgIpc) is 2.92. The minimum Gasteiger partial charge on any atom is -0.351 e. The van der Waals surface area contributed by atoms with Gasteiger partial charge in [-0.1, -0.05) is 72.3 Å². The first-order chi connectivity index (χ1) is 15.9. The second-order valence-electron chi connectivity index (χ2n) is 8.37. The monoisotopic (exact) mass is 441 g/mol. The molecule has 2 atom stereocenters. The summed E-state index contributed by atoms with van der Waals surface area (Å²) in [6.07, 6.45) is 0. The van der Waals surface area contributed by atoms with E-state index in [-0.39, 0.29) is 11.8 Å². The van der Waals surface area contributed by atoms with Gasteiger partial charge in [0.25, 0.3) is 5.91 Å². The molecular weight excluding hydrogens is 414 g/mol. The fourth-order valence-corrected chi connectivity index (χ4v) is 4.12. The zero-order valence-electron chi connectivity index (χ0n) is 19.0. The molecule has 6 nitrogen and oxygen atoms in total. The van der Waals surface area contributed by atoms with E-state index in [1.807, 2.05) is 79.7 Å². The highest BCUT2D eigenvalue weighted by molar-refractivity contribution is 6.07. The second-order valence-corrected chi connectivity index (χ2v) is 8.37. The molecular formula is C27H27N3O3. The molecule has 0 fully saturated rings. The van der Waals surface area contributed by atoms with E-state index in [2.05, 4.69) is 10.6 Å². The molecule has 1 aliphatic rings. The summed E-state index contributed by atoms with van der Waals surface area (Å²) in [6.45, 7) is 3.87. The van der Waals surface area contributed by atoms with E-state index < -0.39 is 17.9 Å². The first kappa shape index (κ1) is 22.3. The lowest BCUT2D eigenvalue weighted by Gasteiger charge is -2.24. The molecule has 0 spiro atoms. The van der Waals surface area contributed by atoms with Gasteiger partial charge in [0.2, 0.25) is 11.8 Å². The number of rotatable bonds is 5. The van der Waals surface area contributed by atoms with Crippen LogP contribution in [0.1, 0.15) is 29.7 Å². The van der Waals surface area contributed by atoms with Crippen LogP contribution in [0.2, 0.25) is 0 Å². The molecule has 0 bridgehead atoms. The molecule has 1 aliphatic heterocycles. The molecule has 0 aromatic heterocycles. The van der Waals surface area contributed by atoms with Gasteiger partial charge in [-0.2, -0.15) is 0 Å². The fraction of sp³-hybridized carbons (Fsp3) is 0.222. The van der Waals surface area contributed by atoms with Crippen LogP contribution >= 0.6 is 0 Å². The van der Waals surface area contributed by atoms with Crippen molar-refractivity contribution in [3.8, 4) is 11.1 Å². The molecule has 3 amide bonds. The maximum Gasteiger partial charge on any atom is 0.253 e. The fourth-order valence-electron chi connectivity index (χ4n) is 4.12. The molecule has 0 radical (unpaired) electrons. The van der Waals surface area contributed by atoms with Crippen LogP contribution in [0.25, 0.3) is 11.1 Å². The standard InChI is InChI=1S/C27H27N3O3/c1-17-9-8-10-19(15-17)16-28-25(31)18(2)26(32)29-24-22-13-5-4-11-20(22)21-12-6-7-14-23(21)30(3)27(24)33/h4-15,18,24H,16H2,1-3H3,(H,28,31)(H,29,32)/t18-,24-/m1/s1. The van der Waals surface area contributed by atoms with Gasteiger partial charge in [-0.3, -0.25) is 14.4 Å². The van der Waals surface area contributed by atoms with Crippen LogP contribution in [0, 0.1) is 12.8 Å². The van der Waals surface area contributed by atoms with Crippen molar-refractivity contribution in [1.82, 2.24) is 10.6 Å². The highest BCUT2D eigenvalue weighted by Gasteiger charge is 2.34. The van der Waals surface area contributed by atoms with Crippen LogP contribution in [0.5, 0.6) is 0 Å². The number of aryl methyl sites for hydroxylation is 1. The minimum atomic E-state index is -0.953. The van der Waals surface area contributed by atoms with Gasteiger partial charge in [-0.15, -0.1) is 0 Å². The zero-order valence-corrected chi connectivity index (χ0v) is 19.0. The minimum absolute atomic E-state index is 0.256. The molecule has 1 heterocycles. The Morgan fingerprint density at radius 1 is 0.939 bits per heavy atom. The summed E-state index contributed by atoms with van der Waals surface area (Å²) in [7, 11) is 1.70. The largest absolute Gasteiger partial charge is 0.351 e. The number of fused-ring (bicyclic) bond motifs is 3. The van der Waals surface area contributed by atoms with Crippen molar-refractivity contribution in [2.75, 3.05) is 11.9 Å². The smallest absolute Gasteiger partial charge is 0.253 e. The molecule has 2 N–H and O–H groups in total. The number of anilines is 1. The van der Waals surface area contributed by atoms with Crippen LogP contribution in [0.15, 0.2) is 72.8 Å². The SMILES string of the molecule is Cc1cccc(CNC(=O)[C@@H](C)C(=O)N[C@H]2C(=O)N(C)c3ccccc3-c3ccccc32)c1. The summed E-state index contributed by atoms with van der Waals surface area (Å²) in [5, 5.41) is 5.64. The van der Waals surface area contributed by atoms with E-state index in [0.29, 0.717) is 12.1 Å². The van der Waals surface area contributed by atoms with Gasteiger partial charge < -0.3 is 15.5 Å². The normalized spacial score (nSPS) is 15.7. The Bertz CT molecular complexity index is 1220. The highest BCUT2D eigenvalue weighted by atomic mass is 16.2. The van der Waals surface area contributed by atoms with Crippen molar-refractivity contribution < 1.29 is 14.4 Å². The van der Waals surface area contributed by atoms with Crippen molar-refractivity contribution in [3.05, 3.63) is 89.5 Å². The van der Waals surface area contributed by atoms with Gasteiger partial charge in [-0.25, -0.2) is 0 Å². The Hall–Kier alpha value is -3.93. The Morgan fingerprint density at radius 3 is 2.39 bits per heavy atom. The quantitative estimate of drug-likeness (QED) is 0.592.